The van der Waals surface area contributed by atoms with Gasteiger partial charge < -0.3 is 10.6 Å². The predicted molar refractivity (Wildman–Crippen MR) is 65.5 cm³/mol. The number of nitrogens with one attached hydrogen (secondary N) is 2. The largest absolute Gasteiger partial charge is 0.369 e. The van der Waals surface area contributed by atoms with E-state index in [2.05, 4.69) is 21.7 Å². The Morgan fingerprint density at radius 1 is 1.47 bits per heavy atom. The van der Waals surface area contributed by atoms with Crippen molar-refractivity contribution in [3.63, 3.8) is 0 Å². The summed E-state index contributed by atoms with van der Waals surface area (Å²) >= 11 is 0. The minimum absolute atomic E-state index is 0.0311. The van der Waals surface area contributed by atoms with Crippen molar-refractivity contribution in [3.05, 3.63) is 23.4 Å². The standard InChI is InChI=1S/C12H16N4O/c1-9-4-5-11(8-13)12(16-9)15-7-3-6-14-10(2)17/h4-5H,3,6-7H2,1-2H3,(H,14,17)(H,15,16). The average molecular weight is 232 g/mol. The van der Waals surface area contributed by atoms with Gasteiger partial charge in [0.2, 0.25) is 5.91 Å². The van der Waals surface area contributed by atoms with Crippen LogP contribution < -0.4 is 10.6 Å². The number of hydrogen-bond donors (Lipinski definition) is 2. The molecular weight excluding hydrogens is 216 g/mol. The Morgan fingerprint density at radius 3 is 2.88 bits per heavy atom. The fourth-order valence-electron chi connectivity index (χ4n) is 1.34. The summed E-state index contributed by atoms with van der Waals surface area (Å²) < 4.78 is 0. The molecule has 0 aliphatic carbocycles. The molecule has 2 N–H and O–H groups in total. The summed E-state index contributed by atoms with van der Waals surface area (Å²) in [6, 6.07) is 5.64. The first-order chi connectivity index (χ1) is 8.13. The van der Waals surface area contributed by atoms with Crippen LogP contribution in [0.15, 0.2) is 12.1 Å². The lowest BCUT2D eigenvalue weighted by Gasteiger charge is -2.08. The number of pyridine rings is 1. The van der Waals surface area contributed by atoms with Crippen molar-refractivity contribution in [1.29, 1.82) is 5.26 Å². The van der Waals surface area contributed by atoms with Crippen molar-refractivity contribution in [2.45, 2.75) is 20.3 Å². The van der Waals surface area contributed by atoms with Gasteiger partial charge in [-0.15, -0.1) is 0 Å². The number of carbonyl (C=O) groups is 1. The number of carbonyl (C=O) groups excluding carboxylic acids is 1. The predicted octanol–water partition coefficient (Wildman–Crippen LogP) is 1.20. The first-order valence-corrected chi connectivity index (χ1v) is 5.49. The van der Waals surface area contributed by atoms with Crippen LogP contribution in [0, 0.1) is 18.3 Å². The molecule has 0 spiro atoms. The number of nitrogens with zero attached hydrogens (tertiary/aromatic N) is 2. The van der Waals surface area contributed by atoms with Crippen LogP contribution in [0.2, 0.25) is 0 Å². The van der Waals surface area contributed by atoms with E-state index in [-0.39, 0.29) is 5.91 Å². The van der Waals surface area contributed by atoms with Gasteiger partial charge in [-0.1, -0.05) is 0 Å². The van der Waals surface area contributed by atoms with Crippen LogP contribution in [0.4, 0.5) is 5.82 Å². The number of rotatable bonds is 5. The monoisotopic (exact) mass is 232 g/mol. The minimum Gasteiger partial charge on any atom is -0.369 e. The minimum atomic E-state index is -0.0311. The summed E-state index contributed by atoms with van der Waals surface area (Å²) in [7, 11) is 0. The molecule has 0 bridgehead atoms. The molecule has 0 unspecified atom stereocenters. The second-order valence-corrected chi connectivity index (χ2v) is 3.72. The van der Waals surface area contributed by atoms with E-state index in [1.54, 1.807) is 12.1 Å². The number of aryl methyl sites for hydroxylation is 1. The Morgan fingerprint density at radius 2 is 2.24 bits per heavy atom. The molecule has 90 valence electrons. The third-order valence-corrected chi connectivity index (χ3v) is 2.17. The van der Waals surface area contributed by atoms with Gasteiger partial charge in [0.25, 0.3) is 0 Å². The smallest absolute Gasteiger partial charge is 0.216 e. The van der Waals surface area contributed by atoms with Gasteiger partial charge in [-0.2, -0.15) is 5.26 Å². The Kier molecular flexibility index (Phi) is 4.95. The van der Waals surface area contributed by atoms with Crippen molar-refractivity contribution in [2.24, 2.45) is 0 Å². The molecule has 0 aliphatic rings. The Bertz CT molecular complexity index is 437. The summed E-state index contributed by atoms with van der Waals surface area (Å²) in [6.45, 7) is 4.66. The highest BCUT2D eigenvalue weighted by Gasteiger charge is 2.02. The van der Waals surface area contributed by atoms with Gasteiger partial charge in [0, 0.05) is 25.7 Å². The molecule has 0 atom stereocenters. The van der Waals surface area contributed by atoms with Crippen molar-refractivity contribution >= 4 is 11.7 Å². The maximum Gasteiger partial charge on any atom is 0.216 e. The third-order valence-electron chi connectivity index (χ3n) is 2.17. The van der Waals surface area contributed by atoms with Gasteiger partial charge in [-0.05, 0) is 25.5 Å². The number of hydrogen-bond acceptors (Lipinski definition) is 4. The summed E-state index contributed by atoms with van der Waals surface area (Å²) in [6.07, 6.45) is 0.792. The molecule has 0 radical (unpaired) electrons. The highest BCUT2D eigenvalue weighted by atomic mass is 16.1. The molecule has 1 aromatic heterocycles. The molecular formula is C12H16N4O. The van der Waals surface area contributed by atoms with E-state index in [9.17, 15) is 4.79 Å². The number of amides is 1. The number of anilines is 1. The lowest BCUT2D eigenvalue weighted by molar-refractivity contribution is -0.118. The van der Waals surface area contributed by atoms with Gasteiger partial charge in [-0.3, -0.25) is 4.79 Å². The molecule has 0 saturated carbocycles. The van der Waals surface area contributed by atoms with Crippen LogP contribution in [-0.4, -0.2) is 24.0 Å². The molecule has 5 heteroatoms. The fraction of sp³-hybridized carbons (Fsp3) is 0.417. The second-order valence-electron chi connectivity index (χ2n) is 3.72. The van der Waals surface area contributed by atoms with Crippen molar-refractivity contribution < 1.29 is 4.79 Å². The molecule has 1 amide bonds. The van der Waals surface area contributed by atoms with Gasteiger partial charge >= 0.3 is 0 Å². The highest BCUT2D eigenvalue weighted by Crippen LogP contribution is 2.11. The van der Waals surface area contributed by atoms with E-state index in [1.165, 1.54) is 6.92 Å². The zero-order valence-electron chi connectivity index (χ0n) is 10.1. The first-order valence-electron chi connectivity index (χ1n) is 5.49. The maximum absolute atomic E-state index is 10.6. The SMILES string of the molecule is CC(=O)NCCCNc1nc(C)ccc1C#N. The average Bonchev–Trinajstić information content (AvgIpc) is 2.28. The summed E-state index contributed by atoms with van der Waals surface area (Å²) in [5.74, 6) is 0.576. The van der Waals surface area contributed by atoms with Crippen molar-refractivity contribution in [3.8, 4) is 6.07 Å². The molecule has 1 aromatic rings. The molecule has 17 heavy (non-hydrogen) atoms. The highest BCUT2D eigenvalue weighted by molar-refractivity contribution is 5.72. The zero-order valence-corrected chi connectivity index (χ0v) is 10.1. The molecule has 0 aromatic carbocycles. The lowest BCUT2D eigenvalue weighted by atomic mass is 10.2. The molecule has 5 nitrogen and oxygen atoms in total. The quantitative estimate of drug-likeness (QED) is 0.748. The fourth-order valence-corrected chi connectivity index (χ4v) is 1.34. The van der Waals surface area contributed by atoms with Crippen LogP contribution in [0.25, 0.3) is 0 Å². The molecule has 0 aliphatic heterocycles. The molecule has 0 fully saturated rings. The zero-order chi connectivity index (χ0) is 12.7. The summed E-state index contributed by atoms with van der Waals surface area (Å²) in [5, 5.41) is 14.7. The first kappa shape index (κ1) is 13.0. The van der Waals surface area contributed by atoms with E-state index in [1.807, 2.05) is 6.92 Å². The third kappa shape index (κ3) is 4.51. The van der Waals surface area contributed by atoms with Gasteiger partial charge in [0.05, 0.1) is 5.56 Å². The van der Waals surface area contributed by atoms with Gasteiger partial charge in [0.15, 0.2) is 0 Å². The van der Waals surface area contributed by atoms with Crippen LogP contribution in [0.5, 0.6) is 0 Å². The van der Waals surface area contributed by atoms with Gasteiger partial charge in [-0.25, -0.2) is 4.98 Å². The normalized spacial score (nSPS) is 9.47. The number of nitriles is 1. The summed E-state index contributed by atoms with van der Waals surface area (Å²) in [4.78, 5) is 14.9. The molecule has 1 heterocycles. The second kappa shape index (κ2) is 6.48. The Balaban J connectivity index is 2.43. The van der Waals surface area contributed by atoms with Crippen molar-refractivity contribution in [2.75, 3.05) is 18.4 Å². The topological polar surface area (TPSA) is 77.8 Å². The van der Waals surface area contributed by atoms with E-state index < -0.39 is 0 Å². The van der Waals surface area contributed by atoms with Crippen LogP contribution in [0.3, 0.4) is 0 Å². The van der Waals surface area contributed by atoms with Gasteiger partial charge in [0.1, 0.15) is 11.9 Å². The van der Waals surface area contributed by atoms with Crippen molar-refractivity contribution in [1.82, 2.24) is 10.3 Å². The number of aromatic nitrogens is 1. The Hall–Kier alpha value is -2.09. The van der Waals surface area contributed by atoms with E-state index >= 15 is 0 Å². The van der Waals surface area contributed by atoms with E-state index in [4.69, 9.17) is 5.26 Å². The van der Waals surface area contributed by atoms with E-state index in [0.29, 0.717) is 24.5 Å². The maximum atomic E-state index is 10.6. The van der Waals surface area contributed by atoms with Crippen LogP contribution in [-0.2, 0) is 4.79 Å². The van der Waals surface area contributed by atoms with Crippen LogP contribution in [0.1, 0.15) is 24.6 Å². The molecule has 1 rings (SSSR count). The van der Waals surface area contributed by atoms with E-state index in [0.717, 1.165) is 12.1 Å². The Labute approximate surface area is 101 Å². The van der Waals surface area contributed by atoms with Crippen LogP contribution >= 0.6 is 0 Å². The lowest BCUT2D eigenvalue weighted by Crippen LogP contribution is -2.22. The molecule has 0 saturated heterocycles. The summed E-state index contributed by atoms with van der Waals surface area (Å²) in [5.41, 5.74) is 1.41.